The zero-order valence-corrected chi connectivity index (χ0v) is 12.6. The SMILES string of the molecule is CNCC(c1ccc(C2CCCNC2)cc1)C(C)C. The van der Waals surface area contributed by atoms with Crippen LogP contribution < -0.4 is 10.6 Å². The molecule has 0 radical (unpaired) electrons. The van der Waals surface area contributed by atoms with Crippen LogP contribution in [0.25, 0.3) is 0 Å². The Morgan fingerprint density at radius 1 is 1.26 bits per heavy atom. The first-order valence-corrected chi connectivity index (χ1v) is 7.67. The Labute approximate surface area is 118 Å². The Balaban J connectivity index is 2.07. The first kappa shape index (κ1) is 14.5. The van der Waals surface area contributed by atoms with Gasteiger partial charge in [-0.15, -0.1) is 0 Å². The minimum atomic E-state index is 0.614. The second-order valence-electron chi connectivity index (χ2n) is 6.12. The van der Waals surface area contributed by atoms with Crippen molar-refractivity contribution in [2.75, 3.05) is 26.7 Å². The average molecular weight is 260 g/mol. The van der Waals surface area contributed by atoms with Gasteiger partial charge in [0.25, 0.3) is 0 Å². The highest BCUT2D eigenvalue weighted by molar-refractivity contribution is 5.28. The van der Waals surface area contributed by atoms with E-state index in [4.69, 9.17) is 0 Å². The summed E-state index contributed by atoms with van der Waals surface area (Å²) in [6, 6.07) is 9.37. The van der Waals surface area contributed by atoms with E-state index < -0.39 is 0 Å². The molecule has 0 amide bonds. The van der Waals surface area contributed by atoms with Crippen molar-refractivity contribution < 1.29 is 0 Å². The number of piperidine rings is 1. The van der Waals surface area contributed by atoms with Crippen molar-refractivity contribution in [3.8, 4) is 0 Å². The molecule has 0 saturated carbocycles. The quantitative estimate of drug-likeness (QED) is 0.850. The van der Waals surface area contributed by atoms with E-state index in [9.17, 15) is 0 Å². The first-order valence-electron chi connectivity index (χ1n) is 7.67. The standard InChI is InChI=1S/C17H28N2/c1-13(2)17(12-18-3)15-8-6-14(7-9-15)16-5-4-10-19-11-16/h6-9,13,16-19H,4-5,10-12H2,1-3H3. The fraction of sp³-hybridized carbons (Fsp3) is 0.647. The molecule has 0 aliphatic carbocycles. The molecule has 2 nitrogen and oxygen atoms in total. The molecular weight excluding hydrogens is 232 g/mol. The average Bonchev–Trinajstić information content (AvgIpc) is 2.46. The molecule has 19 heavy (non-hydrogen) atoms. The summed E-state index contributed by atoms with van der Waals surface area (Å²) in [5, 5.41) is 6.81. The molecule has 1 aromatic rings. The van der Waals surface area contributed by atoms with Crippen molar-refractivity contribution in [2.24, 2.45) is 5.92 Å². The largest absolute Gasteiger partial charge is 0.319 e. The smallest absolute Gasteiger partial charge is 0.00201 e. The van der Waals surface area contributed by atoms with Crippen LogP contribution in [0.4, 0.5) is 0 Å². The van der Waals surface area contributed by atoms with Crippen molar-refractivity contribution in [1.29, 1.82) is 0 Å². The minimum Gasteiger partial charge on any atom is -0.319 e. The monoisotopic (exact) mass is 260 g/mol. The Bertz CT molecular complexity index is 363. The first-order chi connectivity index (χ1) is 9.22. The molecule has 2 unspecified atom stereocenters. The van der Waals surface area contributed by atoms with Gasteiger partial charge in [-0.3, -0.25) is 0 Å². The lowest BCUT2D eigenvalue weighted by Gasteiger charge is -2.25. The second kappa shape index (κ2) is 7.06. The third kappa shape index (κ3) is 3.80. The maximum atomic E-state index is 3.50. The molecule has 2 N–H and O–H groups in total. The van der Waals surface area contributed by atoms with Crippen molar-refractivity contribution >= 4 is 0 Å². The summed E-state index contributed by atoms with van der Waals surface area (Å²) in [5.74, 6) is 2.00. The van der Waals surface area contributed by atoms with Crippen molar-refractivity contribution in [3.05, 3.63) is 35.4 Å². The van der Waals surface area contributed by atoms with Crippen LogP contribution in [-0.2, 0) is 0 Å². The third-order valence-electron chi connectivity index (χ3n) is 4.36. The minimum absolute atomic E-state index is 0.614. The van der Waals surface area contributed by atoms with Gasteiger partial charge in [0.15, 0.2) is 0 Å². The lowest BCUT2D eigenvalue weighted by Crippen LogP contribution is -2.28. The van der Waals surface area contributed by atoms with Gasteiger partial charge in [-0.1, -0.05) is 38.1 Å². The Morgan fingerprint density at radius 3 is 2.53 bits per heavy atom. The molecule has 1 aromatic carbocycles. The van der Waals surface area contributed by atoms with Gasteiger partial charge in [0.05, 0.1) is 0 Å². The summed E-state index contributed by atoms with van der Waals surface area (Å²) in [7, 11) is 2.04. The van der Waals surface area contributed by atoms with Gasteiger partial charge in [-0.2, -0.15) is 0 Å². The molecule has 1 aliphatic heterocycles. The molecule has 1 heterocycles. The van der Waals surface area contributed by atoms with Crippen LogP contribution in [0.15, 0.2) is 24.3 Å². The van der Waals surface area contributed by atoms with Crippen LogP contribution in [-0.4, -0.2) is 26.7 Å². The van der Waals surface area contributed by atoms with Crippen LogP contribution in [0.2, 0.25) is 0 Å². The number of rotatable bonds is 5. The van der Waals surface area contributed by atoms with E-state index in [1.54, 1.807) is 0 Å². The zero-order chi connectivity index (χ0) is 13.7. The maximum absolute atomic E-state index is 3.50. The molecule has 0 bridgehead atoms. The molecular formula is C17H28N2. The van der Waals surface area contributed by atoms with E-state index >= 15 is 0 Å². The molecule has 1 aliphatic rings. The predicted molar refractivity (Wildman–Crippen MR) is 82.8 cm³/mol. The summed E-state index contributed by atoms with van der Waals surface area (Å²) >= 11 is 0. The molecule has 2 rings (SSSR count). The highest BCUT2D eigenvalue weighted by atomic mass is 14.9. The fourth-order valence-corrected chi connectivity index (χ4v) is 3.11. The molecule has 1 saturated heterocycles. The highest BCUT2D eigenvalue weighted by Gasteiger charge is 2.17. The van der Waals surface area contributed by atoms with Crippen LogP contribution in [0.1, 0.15) is 49.7 Å². The van der Waals surface area contributed by atoms with E-state index in [1.807, 2.05) is 7.05 Å². The van der Waals surface area contributed by atoms with Gasteiger partial charge >= 0.3 is 0 Å². The summed E-state index contributed by atoms with van der Waals surface area (Å²) in [6.07, 6.45) is 2.64. The Hall–Kier alpha value is -0.860. The predicted octanol–water partition coefficient (Wildman–Crippen LogP) is 3.11. The zero-order valence-electron chi connectivity index (χ0n) is 12.6. The van der Waals surface area contributed by atoms with Crippen molar-refractivity contribution in [1.82, 2.24) is 10.6 Å². The Morgan fingerprint density at radius 2 is 2.00 bits per heavy atom. The van der Waals surface area contributed by atoms with Gasteiger partial charge in [0.2, 0.25) is 0 Å². The van der Waals surface area contributed by atoms with Gasteiger partial charge in [0.1, 0.15) is 0 Å². The number of hydrogen-bond donors (Lipinski definition) is 2. The summed E-state index contributed by atoms with van der Waals surface area (Å²) in [6.45, 7) is 8.00. The molecule has 0 aromatic heterocycles. The van der Waals surface area contributed by atoms with Crippen LogP contribution in [0, 0.1) is 5.92 Å². The molecule has 2 atom stereocenters. The van der Waals surface area contributed by atoms with Crippen LogP contribution in [0.3, 0.4) is 0 Å². The topological polar surface area (TPSA) is 24.1 Å². The number of nitrogens with one attached hydrogen (secondary N) is 2. The second-order valence-corrected chi connectivity index (χ2v) is 6.12. The van der Waals surface area contributed by atoms with E-state index in [0.717, 1.165) is 13.1 Å². The van der Waals surface area contributed by atoms with E-state index in [1.165, 1.54) is 30.5 Å². The summed E-state index contributed by atoms with van der Waals surface area (Å²) in [4.78, 5) is 0. The van der Waals surface area contributed by atoms with Crippen molar-refractivity contribution in [2.45, 2.75) is 38.5 Å². The molecule has 0 spiro atoms. The lowest BCUT2D eigenvalue weighted by atomic mass is 9.85. The molecule has 106 valence electrons. The number of hydrogen-bond acceptors (Lipinski definition) is 2. The highest BCUT2D eigenvalue weighted by Crippen LogP contribution is 2.27. The summed E-state index contributed by atoms with van der Waals surface area (Å²) < 4.78 is 0. The fourth-order valence-electron chi connectivity index (χ4n) is 3.11. The third-order valence-corrected chi connectivity index (χ3v) is 4.36. The van der Waals surface area contributed by atoms with Gasteiger partial charge < -0.3 is 10.6 Å². The number of likely N-dealkylation sites (N-methyl/N-ethyl adjacent to an activating group) is 1. The van der Waals surface area contributed by atoms with Gasteiger partial charge in [0, 0.05) is 13.1 Å². The summed E-state index contributed by atoms with van der Waals surface area (Å²) in [5.41, 5.74) is 2.97. The normalized spacial score (nSPS) is 21.6. The van der Waals surface area contributed by atoms with E-state index in [2.05, 4.69) is 48.7 Å². The van der Waals surface area contributed by atoms with E-state index in [-0.39, 0.29) is 0 Å². The van der Waals surface area contributed by atoms with Crippen LogP contribution >= 0.6 is 0 Å². The molecule has 2 heteroatoms. The molecule has 1 fully saturated rings. The maximum Gasteiger partial charge on any atom is 0.00201 e. The van der Waals surface area contributed by atoms with Gasteiger partial charge in [-0.25, -0.2) is 0 Å². The van der Waals surface area contributed by atoms with Crippen LogP contribution in [0.5, 0.6) is 0 Å². The Kier molecular flexibility index (Phi) is 5.41. The number of benzene rings is 1. The van der Waals surface area contributed by atoms with Crippen molar-refractivity contribution in [3.63, 3.8) is 0 Å². The van der Waals surface area contributed by atoms with E-state index in [0.29, 0.717) is 17.8 Å². The van der Waals surface area contributed by atoms with Gasteiger partial charge in [-0.05, 0) is 55.3 Å². The lowest BCUT2D eigenvalue weighted by molar-refractivity contribution is 0.460.